The third kappa shape index (κ3) is 4.81. The van der Waals surface area contributed by atoms with Crippen molar-refractivity contribution >= 4 is 12.0 Å². The minimum Gasteiger partial charge on any atom is -0.480 e. The summed E-state index contributed by atoms with van der Waals surface area (Å²) in [5.74, 6) is -0.623. The van der Waals surface area contributed by atoms with Crippen LogP contribution < -0.4 is 10.6 Å². The Morgan fingerprint density at radius 1 is 1.56 bits per heavy atom. The van der Waals surface area contributed by atoms with E-state index in [9.17, 15) is 9.59 Å². The molecule has 0 radical (unpaired) electrons. The van der Waals surface area contributed by atoms with Crippen molar-refractivity contribution in [1.29, 1.82) is 0 Å². The molecule has 0 saturated heterocycles. The highest BCUT2D eigenvalue weighted by Crippen LogP contribution is 1.96. The minimum absolute atomic E-state index is 0.298. The number of carbonyl (C=O) groups is 2. The Hall–Kier alpha value is -2.12. The van der Waals surface area contributed by atoms with Crippen LogP contribution in [0.2, 0.25) is 0 Å². The second-order valence-electron chi connectivity index (χ2n) is 3.66. The first-order valence-electron chi connectivity index (χ1n) is 5.66. The van der Waals surface area contributed by atoms with Gasteiger partial charge in [-0.1, -0.05) is 18.5 Å². The zero-order valence-corrected chi connectivity index (χ0v) is 10.0. The van der Waals surface area contributed by atoms with Crippen LogP contribution in [0.5, 0.6) is 0 Å². The highest BCUT2D eigenvalue weighted by atomic mass is 16.5. The summed E-state index contributed by atoms with van der Waals surface area (Å²) < 4.78 is 4.75. The first kappa shape index (κ1) is 13.9. The number of nitrogens with zero attached hydrogens (tertiary/aromatic N) is 2. The molecule has 0 aromatic carbocycles. The van der Waals surface area contributed by atoms with Gasteiger partial charge in [0.2, 0.25) is 5.89 Å². The molecule has 1 atom stereocenters. The van der Waals surface area contributed by atoms with Gasteiger partial charge >= 0.3 is 12.0 Å². The maximum atomic E-state index is 11.4. The molecule has 100 valence electrons. The van der Waals surface area contributed by atoms with Gasteiger partial charge in [-0.25, -0.2) is 9.59 Å². The van der Waals surface area contributed by atoms with Crippen LogP contribution in [0.15, 0.2) is 10.9 Å². The van der Waals surface area contributed by atoms with Crippen LogP contribution in [0.3, 0.4) is 0 Å². The van der Waals surface area contributed by atoms with Gasteiger partial charge in [0.15, 0.2) is 6.33 Å². The fraction of sp³-hybridized carbons (Fsp3) is 0.600. The van der Waals surface area contributed by atoms with E-state index in [0.717, 1.165) is 0 Å². The molecule has 0 bridgehead atoms. The zero-order valence-electron chi connectivity index (χ0n) is 10.0. The SMILES string of the molecule is CCCC(NC(=O)NCCc1ncno1)C(=O)O. The van der Waals surface area contributed by atoms with Crippen LogP contribution in [0, 0.1) is 0 Å². The van der Waals surface area contributed by atoms with E-state index < -0.39 is 18.0 Å². The average Bonchev–Trinajstić information content (AvgIpc) is 2.81. The second kappa shape index (κ2) is 7.25. The van der Waals surface area contributed by atoms with E-state index in [-0.39, 0.29) is 0 Å². The lowest BCUT2D eigenvalue weighted by Crippen LogP contribution is -2.46. The molecule has 0 aliphatic heterocycles. The standard InChI is InChI=1S/C10H16N4O4/c1-2-3-7(9(15)16)14-10(17)11-5-4-8-12-6-13-18-8/h6-7H,2-5H2,1H3,(H,15,16)(H2,11,14,17). The fourth-order valence-electron chi connectivity index (χ4n) is 1.34. The molecule has 8 heteroatoms. The Balaban J connectivity index is 2.25. The lowest BCUT2D eigenvalue weighted by atomic mass is 10.2. The summed E-state index contributed by atoms with van der Waals surface area (Å²) in [6.45, 7) is 2.15. The van der Waals surface area contributed by atoms with E-state index in [1.165, 1.54) is 6.33 Å². The Labute approximate surface area is 104 Å². The lowest BCUT2D eigenvalue weighted by Gasteiger charge is -2.13. The number of carbonyl (C=O) groups excluding carboxylic acids is 1. The van der Waals surface area contributed by atoms with Gasteiger partial charge in [0.25, 0.3) is 0 Å². The van der Waals surface area contributed by atoms with Crippen molar-refractivity contribution in [2.45, 2.75) is 32.2 Å². The van der Waals surface area contributed by atoms with Crippen LogP contribution in [0.25, 0.3) is 0 Å². The van der Waals surface area contributed by atoms with Crippen molar-refractivity contribution in [1.82, 2.24) is 20.8 Å². The van der Waals surface area contributed by atoms with E-state index in [1.807, 2.05) is 6.92 Å². The normalized spacial score (nSPS) is 11.8. The monoisotopic (exact) mass is 256 g/mol. The third-order valence-electron chi connectivity index (χ3n) is 2.21. The second-order valence-corrected chi connectivity index (χ2v) is 3.66. The van der Waals surface area contributed by atoms with Crippen LogP contribution in [-0.4, -0.2) is 39.8 Å². The van der Waals surface area contributed by atoms with Crippen LogP contribution in [0.4, 0.5) is 4.79 Å². The molecule has 0 saturated carbocycles. The van der Waals surface area contributed by atoms with Gasteiger partial charge in [-0.15, -0.1) is 0 Å². The lowest BCUT2D eigenvalue weighted by molar-refractivity contribution is -0.139. The van der Waals surface area contributed by atoms with Crippen LogP contribution in [0.1, 0.15) is 25.7 Å². The summed E-state index contributed by atoms with van der Waals surface area (Å²) >= 11 is 0. The Kier molecular flexibility index (Phi) is 5.62. The molecule has 3 N–H and O–H groups in total. The van der Waals surface area contributed by atoms with Gasteiger partial charge in [0.05, 0.1) is 0 Å². The molecule has 2 amide bonds. The minimum atomic E-state index is -1.04. The van der Waals surface area contributed by atoms with E-state index in [0.29, 0.717) is 31.7 Å². The molecule has 18 heavy (non-hydrogen) atoms. The van der Waals surface area contributed by atoms with E-state index in [1.54, 1.807) is 0 Å². The number of urea groups is 1. The maximum Gasteiger partial charge on any atom is 0.326 e. The van der Waals surface area contributed by atoms with E-state index in [2.05, 4.69) is 20.8 Å². The van der Waals surface area contributed by atoms with Gasteiger partial charge in [-0.05, 0) is 6.42 Å². The highest BCUT2D eigenvalue weighted by molar-refractivity contribution is 5.82. The quantitative estimate of drug-likeness (QED) is 0.640. The largest absolute Gasteiger partial charge is 0.480 e. The topological polar surface area (TPSA) is 117 Å². The molecule has 1 aromatic rings. The first-order chi connectivity index (χ1) is 8.63. The molecule has 0 spiro atoms. The number of aliphatic carboxylic acids is 1. The molecule has 1 heterocycles. The number of carboxylic acids is 1. The Morgan fingerprint density at radius 2 is 2.33 bits per heavy atom. The molecular formula is C10H16N4O4. The van der Waals surface area contributed by atoms with Crippen molar-refractivity contribution in [3.63, 3.8) is 0 Å². The van der Waals surface area contributed by atoms with Gasteiger partial charge in [0.1, 0.15) is 6.04 Å². The number of hydrogen-bond acceptors (Lipinski definition) is 5. The van der Waals surface area contributed by atoms with Crippen LogP contribution >= 0.6 is 0 Å². The van der Waals surface area contributed by atoms with Gasteiger partial charge in [0, 0.05) is 13.0 Å². The zero-order chi connectivity index (χ0) is 13.4. The van der Waals surface area contributed by atoms with Gasteiger partial charge < -0.3 is 20.3 Å². The third-order valence-corrected chi connectivity index (χ3v) is 2.21. The maximum absolute atomic E-state index is 11.4. The summed E-state index contributed by atoms with van der Waals surface area (Å²) in [6.07, 6.45) is 2.75. The molecule has 0 aliphatic carbocycles. The number of aromatic nitrogens is 2. The Morgan fingerprint density at radius 3 is 2.89 bits per heavy atom. The molecule has 8 nitrogen and oxygen atoms in total. The van der Waals surface area contributed by atoms with Gasteiger partial charge in [-0.3, -0.25) is 0 Å². The van der Waals surface area contributed by atoms with Crippen molar-refractivity contribution in [3.8, 4) is 0 Å². The smallest absolute Gasteiger partial charge is 0.326 e. The van der Waals surface area contributed by atoms with Crippen molar-refractivity contribution in [3.05, 3.63) is 12.2 Å². The highest BCUT2D eigenvalue weighted by Gasteiger charge is 2.18. The summed E-state index contributed by atoms with van der Waals surface area (Å²) in [4.78, 5) is 26.0. The summed E-state index contributed by atoms with van der Waals surface area (Å²) in [5, 5.41) is 17.2. The summed E-state index contributed by atoms with van der Waals surface area (Å²) in [6, 6.07) is -1.38. The molecular weight excluding hydrogens is 240 g/mol. The average molecular weight is 256 g/mol. The molecule has 0 fully saturated rings. The van der Waals surface area contributed by atoms with Crippen molar-refractivity contribution in [2.24, 2.45) is 0 Å². The van der Waals surface area contributed by atoms with Crippen molar-refractivity contribution < 1.29 is 19.2 Å². The molecule has 1 unspecified atom stereocenters. The molecule has 0 aliphatic rings. The predicted molar refractivity (Wildman–Crippen MR) is 60.9 cm³/mol. The van der Waals surface area contributed by atoms with Crippen LogP contribution in [-0.2, 0) is 11.2 Å². The molecule has 1 rings (SSSR count). The van der Waals surface area contributed by atoms with E-state index in [4.69, 9.17) is 9.63 Å². The summed E-state index contributed by atoms with van der Waals surface area (Å²) in [5.41, 5.74) is 0. The molecule has 1 aromatic heterocycles. The fourth-order valence-corrected chi connectivity index (χ4v) is 1.34. The number of amides is 2. The number of carboxylic acid groups (broad SMARTS) is 1. The first-order valence-corrected chi connectivity index (χ1v) is 5.66. The van der Waals surface area contributed by atoms with E-state index >= 15 is 0 Å². The Bertz CT molecular complexity index is 379. The summed E-state index contributed by atoms with van der Waals surface area (Å²) in [7, 11) is 0. The number of rotatable bonds is 7. The number of nitrogens with one attached hydrogen (secondary N) is 2. The predicted octanol–water partition coefficient (Wildman–Crippen LogP) is 0.165. The van der Waals surface area contributed by atoms with Gasteiger partial charge in [-0.2, -0.15) is 4.98 Å². The van der Waals surface area contributed by atoms with Crippen molar-refractivity contribution in [2.75, 3.05) is 6.54 Å². The number of hydrogen-bond donors (Lipinski definition) is 3.